The van der Waals surface area contributed by atoms with Gasteiger partial charge in [-0.3, -0.25) is 4.68 Å². The molecule has 0 saturated carbocycles. The Labute approximate surface area is 126 Å². The number of aromatic nitrogens is 3. The summed E-state index contributed by atoms with van der Waals surface area (Å²) in [5, 5.41) is 8.03. The molecule has 0 amide bonds. The number of pyridine rings is 1. The first kappa shape index (κ1) is 13.9. The maximum atomic E-state index is 4.56. The van der Waals surface area contributed by atoms with Crippen molar-refractivity contribution in [2.75, 3.05) is 23.3 Å². The van der Waals surface area contributed by atoms with Gasteiger partial charge in [-0.25, -0.2) is 4.98 Å². The second-order valence-corrected chi connectivity index (χ2v) is 5.55. The molecule has 0 atom stereocenters. The Kier molecular flexibility index (Phi) is 4.08. The quantitative estimate of drug-likeness (QED) is 0.917. The smallest absolute Gasteiger partial charge is 0.151 e. The van der Waals surface area contributed by atoms with Gasteiger partial charge in [-0.05, 0) is 31.4 Å². The molecule has 0 radical (unpaired) electrons. The normalized spacial score (nSPS) is 14.7. The van der Waals surface area contributed by atoms with Gasteiger partial charge >= 0.3 is 0 Å². The van der Waals surface area contributed by atoms with E-state index < -0.39 is 0 Å². The van der Waals surface area contributed by atoms with Crippen molar-refractivity contribution in [1.82, 2.24) is 14.8 Å². The van der Waals surface area contributed by atoms with Gasteiger partial charge in [-0.2, -0.15) is 5.10 Å². The van der Waals surface area contributed by atoms with Crippen LogP contribution in [0.4, 0.5) is 11.5 Å². The van der Waals surface area contributed by atoms with Crippen molar-refractivity contribution in [2.24, 2.45) is 7.05 Å². The molecule has 3 rings (SSSR count). The molecule has 21 heavy (non-hydrogen) atoms. The average Bonchev–Trinajstić information content (AvgIpc) is 3.14. The summed E-state index contributed by atoms with van der Waals surface area (Å²) in [5.41, 5.74) is 3.54. The van der Waals surface area contributed by atoms with Gasteiger partial charge < -0.3 is 10.2 Å². The first-order chi connectivity index (χ1) is 10.3. The summed E-state index contributed by atoms with van der Waals surface area (Å²) in [6.07, 6.45) is 7.46. The van der Waals surface area contributed by atoms with Gasteiger partial charge in [0.05, 0.1) is 11.4 Å². The van der Waals surface area contributed by atoms with E-state index in [4.69, 9.17) is 0 Å². The van der Waals surface area contributed by atoms with Gasteiger partial charge in [-0.1, -0.05) is 6.92 Å². The standard InChI is InChI=1S/C16H23N5/c1-3-14-13(12-20(2)19-14)11-18-15-7-6-8-17-16(15)21-9-4-5-10-21/h6-8,12,18H,3-5,9-11H2,1-2H3. The van der Waals surface area contributed by atoms with E-state index in [1.54, 1.807) is 0 Å². The highest BCUT2D eigenvalue weighted by Gasteiger charge is 2.17. The minimum atomic E-state index is 0.795. The van der Waals surface area contributed by atoms with Crippen LogP contribution >= 0.6 is 0 Å². The van der Waals surface area contributed by atoms with E-state index in [0.717, 1.165) is 43.3 Å². The van der Waals surface area contributed by atoms with Gasteiger partial charge in [0.25, 0.3) is 0 Å². The van der Waals surface area contributed by atoms with Crippen molar-refractivity contribution in [3.63, 3.8) is 0 Å². The molecule has 0 spiro atoms. The Morgan fingerprint density at radius 3 is 2.86 bits per heavy atom. The maximum absolute atomic E-state index is 4.56. The first-order valence-electron chi connectivity index (χ1n) is 7.73. The second-order valence-electron chi connectivity index (χ2n) is 5.55. The summed E-state index contributed by atoms with van der Waals surface area (Å²) >= 11 is 0. The number of rotatable bonds is 5. The van der Waals surface area contributed by atoms with Gasteiger partial charge in [0.1, 0.15) is 0 Å². The van der Waals surface area contributed by atoms with Crippen LogP contribution in [0.15, 0.2) is 24.5 Å². The summed E-state index contributed by atoms with van der Waals surface area (Å²) in [4.78, 5) is 6.93. The van der Waals surface area contributed by atoms with Crippen molar-refractivity contribution >= 4 is 11.5 Å². The fraction of sp³-hybridized carbons (Fsp3) is 0.500. The molecule has 0 aliphatic carbocycles. The van der Waals surface area contributed by atoms with Gasteiger partial charge in [0.15, 0.2) is 5.82 Å². The molecule has 0 bridgehead atoms. The van der Waals surface area contributed by atoms with Crippen LogP contribution in [-0.2, 0) is 20.0 Å². The van der Waals surface area contributed by atoms with Crippen molar-refractivity contribution in [2.45, 2.75) is 32.7 Å². The Bertz CT molecular complexity index is 598. The largest absolute Gasteiger partial charge is 0.378 e. The summed E-state index contributed by atoms with van der Waals surface area (Å²) in [7, 11) is 1.97. The lowest BCUT2D eigenvalue weighted by molar-refractivity contribution is 0.746. The molecule has 1 aliphatic rings. The Balaban J connectivity index is 1.75. The number of anilines is 2. The van der Waals surface area contributed by atoms with E-state index in [0.29, 0.717) is 0 Å². The maximum Gasteiger partial charge on any atom is 0.151 e. The number of hydrogen-bond acceptors (Lipinski definition) is 4. The van der Waals surface area contributed by atoms with Crippen molar-refractivity contribution in [1.29, 1.82) is 0 Å². The van der Waals surface area contributed by atoms with E-state index in [1.165, 1.54) is 18.4 Å². The minimum Gasteiger partial charge on any atom is -0.378 e. The van der Waals surface area contributed by atoms with Crippen LogP contribution in [0, 0.1) is 0 Å². The van der Waals surface area contributed by atoms with Crippen molar-refractivity contribution in [3.8, 4) is 0 Å². The lowest BCUT2D eigenvalue weighted by Crippen LogP contribution is -2.20. The van der Waals surface area contributed by atoms with Crippen LogP contribution in [0.3, 0.4) is 0 Å². The predicted molar refractivity (Wildman–Crippen MR) is 85.6 cm³/mol. The zero-order valence-corrected chi connectivity index (χ0v) is 12.8. The lowest BCUT2D eigenvalue weighted by Gasteiger charge is -2.20. The molecule has 2 aromatic heterocycles. The molecule has 1 fully saturated rings. The van der Waals surface area contributed by atoms with Crippen LogP contribution in [0.5, 0.6) is 0 Å². The molecule has 1 aliphatic heterocycles. The molecule has 1 N–H and O–H groups in total. The molecule has 1 saturated heterocycles. The average molecular weight is 285 g/mol. The van der Waals surface area contributed by atoms with Crippen molar-refractivity contribution in [3.05, 3.63) is 35.8 Å². The van der Waals surface area contributed by atoms with Gasteiger partial charge in [-0.15, -0.1) is 0 Å². The Morgan fingerprint density at radius 2 is 2.10 bits per heavy atom. The highest BCUT2D eigenvalue weighted by atomic mass is 15.3. The molecule has 0 aromatic carbocycles. The van der Waals surface area contributed by atoms with E-state index in [1.807, 2.05) is 24.0 Å². The third kappa shape index (κ3) is 3.01. The minimum absolute atomic E-state index is 0.795. The van der Waals surface area contributed by atoms with Gasteiger partial charge in [0.2, 0.25) is 0 Å². The molecule has 2 aromatic rings. The fourth-order valence-electron chi connectivity index (χ4n) is 2.94. The Hall–Kier alpha value is -2.04. The van der Waals surface area contributed by atoms with E-state index >= 15 is 0 Å². The van der Waals surface area contributed by atoms with Crippen LogP contribution in [0.2, 0.25) is 0 Å². The lowest BCUT2D eigenvalue weighted by atomic mass is 10.2. The summed E-state index contributed by atoms with van der Waals surface area (Å²) < 4.78 is 1.89. The number of nitrogens with one attached hydrogen (secondary N) is 1. The van der Waals surface area contributed by atoms with E-state index in [9.17, 15) is 0 Å². The molecule has 5 nitrogen and oxygen atoms in total. The number of hydrogen-bond donors (Lipinski definition) is 1. The summed E-state index contributed by atoms with van der Waals surface area (Å²) in [5.74, 6) is 1.08. The zero-order valence-electron chi connectivity index (χ0n) is 12.8. The SMILES string of the molecule is CCc1nn(C)cc1CNc1cccnc1N1CCCC1. The summed E-state index contributed by atoms with van der Waals surface area (Å²) in [6.45, 7) is 5.16. The van der Waals surface area contributed by atoms with E-state index in [2.05, 4.69) is 39.5 Å². The van der Waals surface area contributed by atoms with E-state index in [-0.39, 0.29) is 0 Å². The van der Waals surface area contributed by atoms with Crippen LogP contribution in [-0.4, -0.2) is 27.9 Å². The van der Waals surface area contributed by atoms with Crippen LogP contribution in [0.25, 0.3) is 0 Å². The third-order valence-corrected chi connectivity index (χ3v) is 3.99. The number of nitrogens with zero attached hydrogens (tertiary/aromatic N) is 4. The topological polar surface area (TPSA) is 46.0 Å². The van der Waals surface area contributed by atoms with Crippen LogP contribution in [0.1, 0.15) is 31.0 Å². The second kappa shape index (κ2) is 6.16. The van der Waals surface area contributed by atoms with Crippen LogP contribution < -0.4 is 10.2 Å². The summed E-state index contributed by atoms with van der Waals surface area (Å²) in [6, 6.07) is 4.11. The third-order valence-electron chi connectivity index (χ3n) is 3.99. The first-order valence-corrected chi connectivity index (χ1v) is 7.73. The molecular formula is C16H23N5. The fourth-order valence-corrected chi connectivity index (χ4v) is 2.94. The highest BCUT2D eigenvalue weighted by Crippen LogP contribution is 2.26. The molecule has 3 heterocycles. The predicted octanol–water partition coefficient (Wildman–Crippen LogP) is 2.59. The monoisotopic (exact) mass is 285 g/mol. The zero-order chi connectivity index (χ0) is 14.7. The number of aryl methyl sites for hydroxylation is 2. The highest BCUT2D eigenvalue weighted by molar-refractivity contribution is 5.65. The molecule has 0 unspecified atom stereocenters. The molecular weight excluding hydrogens is 262 g/mol. The molecule has 112 valence electrons. The van der Waals surface area contributed by atoms with Crippen molar-refractivity contribution < 1.29 is 0 Å². The Morgan fingerprint density at radius 1 is 1.29 bits per heavy atom. The van der Waals surface area contributed by atoms with Gasteiger partial charge in [0, 0.05) is 44.6 Å². The molecule has 5 heteroatoms.